The van der Waals surface area contributed by atoms with E-state index in [2.05, 4.69) is 34.1 Å². The van der Waals surface area contributed by atoms with Crippen LogP contribution in [-0.2, 0) is 5.41 Å². The van der Waals surface area contributed by atoms with E-state index in [0.29, 0.717) is 23.1 Å². The van der Waals surface area contributed by atoms with Crippen LogP contribution in [0, 0.1) is 0 Å². The minimum atomic E-state index is -0.466. The first-order chi connectivity index (χ1) is 12.9. The molecule has 2 heterocycles. The van der Waals surface area contributed by atoms with Gasteiger partial charge in [0.2, 0.25) is 11.9 Å². The predicted molar refractivity (Wildman–Crippen MR) is 107 cm³/mol. The van der Waals surface area contributed by atoms with Gasteiger partial charge in [0, 0.05) is 41.7 Å². The highest BCUT2D eigenvalue weighted by molar-refractivity contribution is 6.31. The molecule has 0 fully saturated rings. The van der Waals surface area contributed by atoms with E-state index in [4.69, 9.17) is 17.3 Å². The number of amides is 1. The number of benzene rings is 1. The number of hydrogen-bond donors (Lipinski definition) is 2. The second-order valence-electron chi connectivity index (χ2n) is 6.81. The molecule has 0 unspecified atom stereocenters. The fraction of sp³-hybridized carbons (Fsp3) is 0.200. The van der Waals surface area contributed by atoms with E-state index in [0.717, 1.165) is 16.8 Å². The van der Waals surface area contributed by atoms with Crippen molar-refractivity contribution in [1.29, 1.82) is 0 Å². The van der Waals surface area contributed by atoms with Gasteiger partial charge in [-0.05, 0) is 29.8 Å². The second-order valence-corrected chi connectivity index (χ2v) is 7.22. The molecule has 3 rings (SSSR count). The maximum absolute atomic E-state index is 11.3. The van der Waals surface area contributed by atoms with E-state index in [1.807, 2.05) is 18.2 Å². The lowest BCUT2D eigenvalue weighted by Gasteiger charge is -2.25. The van der Waals surface area contributed by atoms with E-state index < -0.39 is 5.91 Å². The van der Waals surface area contributed by atoms with Gasteiger partial charge in [-0.15, -0.1) is 0 Å². The van der Waals surface area contributed by atoms with Crippen molar-refractivity contribution >= 4 is 23.5 Å². The Balaban J connectivity index is 1.72. The van der Waals surface area contributed by atoms with Crippen LogP contribution in [0.15, 0.2) is 55.0 Å². The van der Waals surface area contributed by atoms with Crippen LogP contribution in [0.1, 0.15) is 29.9 Å². The molecule has 0 aliphatic carbocycles. The maximum Gasteiger partial charge on any atom is 0.248 e. The van der Waals surface area contributed by atoms with Crippen molar-refractivity contribution in [2.45, 2.75) is 19.3 Å². The number of nitrogens with one attached hydrogen (secondary N) is 1. The fourth-order valence-corrected chi connectivity index (χ4v) is 3.07. The Labute approximate surface area is 162 Å². The summed E-state index contributed by atoms with van der Waals surface area (Å²) < 4.78 is 0. The van der Waals surface area contributed by atoms with Gasteiger partial charge >= 0.3 is 0 Å². The Morgan fingerprint density at radius 3 is 2.52 bits per heavy atom. The minimum Gasteiger partial charge on any atom is -0.366 e. The molecule has 0 aliphatic rings. The van der Waals surface area contributed by atoms with E-state index in [1.54, 1.807) is 36.8 Å². The molecule has 3 aromatic rings. The molecule has 0 atom stereocenters. The quantitative estimate of drug-likeness (QED) is 0.679. The molecular weight excluding hydrogens is 362 g/mol. The molecule has 1 aromatic carbocycles. The van der Waals surface area contributed by atoms with Crippen LogP contribution in [0.3, 0.4) is 0 Å². The summed E-state index contributed by atoms with van der Waals surface area (Å²) in [6.07, 6.45) is 5.14. The number of nitrogens with two attached hydrogens (primary N) is 1. The van der Waals surface area contributed by atoms with Crippen molar-refractivity contribution in [2.75, 3.05) is 11.9 Å². The number of pyridine rings is 1. The Kier molecular flexibility index (Phi) is 5.37. The van der Waals surface area contributed by atoms with Crippen molar-refractivity contribution in [3.63, 3.8) is 0 Å². The molecule has 27 heavy (non-hydrogen) atoms. The van der Waals surface area contributed by atoms with Crippen LogP contribution in [0.25, 0.3) is 11.1 Å². The number of hydrogen-bond acceptors (Lipinski definition) is 5. The van der Waals surface area contributed by atoms with Crippen molar-refractivity contribution in [3.8, 4) is 11.1 Å². The summed E-state index contributed by atoms with van der Waals surface area (Å²) in [5.74, 6) is 0.0383. The normalized spacial score (nSPS) is 11.2. The number of primary amides is 1. The SMILES string of the molecule is CC(C)(CNc1ncc(-c2cccc(C(N)=O)c2)cn1)c1ncccc1Cl. The standard InChI is InChI=1S/C20H20ClN5O/c1-20(2,17-16(21)7-4-8-23-17)12-26-19-24-10-15(11-25-19)13-5-3-6-14(9-13)18(22)27/h3-11H,12H2,1-2H3,(H2,22,27)(H,24,25,26). The van der Waals surface area contributed by atoms with Gasteiger partial charge in [0.05, 0.1) is 10.7 Å². The highest BCUT2D eigenvalue weighted by Crippen LogP contribution is 2.28. The van der Waals surface area contributed by atoms with Gasteiger partial charge in [-0.2, -0.15) is 0 Å². The monoisotopic (exact) mass is 381 g/mol. The van der Waals surface area contributed by atoms with Crippen LogP contribution in [0.4, 0.5) is 5.95 Å². The molecule has 0 spiro atoms. The van der Waals surface area contributed by atoms with Gasteiger partial charge in [-0.25, -0.2) is 9.97 Å². The average Bonchev–Trinajstić information content (AvgIpc) is 2.67. The van der Waals surface area contributed by atoms with Gasteiger partial charge in [0.25, 0.3) is 0 Å². The molecule has 0 bridgehead atoms. The molecule has 138 valence electrons. The lowest BCUT2D eigenvalue weighted by atomic mass is 9.88. The summed E-state index contributed by atoms with van der Waals surface area (Å²) >= 11 is 6.26. The van der Waals surface area contributed by atoms with Crippen LogP contribution >= 0.6 is 11.6 Å². The first kappa shape index (κ1) is 18.8. The summed E-state index contributed by atoms with van der Waals surface area (Å²) in [5, 5.41) is 3.86. The minimum absolute atomic E-state index is 0.295. The molecule has 3 N–H and O–H groups in total. The number of halogens is 1. The summed E-state index contributed by atoms with van der Waals surface area (Å²) in [4.78, 5) is 24.4. The van der Waals surface area contributed by atoms with Gasteiger partial charge in [0.1, 0.15) is 0 Å². The van der Waals surface area contributed by atoms with Crippen molar-refractivity contribution in [2.24, 2.45) is 5.73 Å². The van der Waals surface area contributed by atoms with Gasteiger partial charge in [-0.3, -0.25) is 9.78 Å². The Bertz CT molecular complexity index is 957. The van der Waals surface area contributed by atoms with E-state index in [1.165, 1.54) is 0 Å². The number of aromatic nitrogens is 3. The number of rotatable bonds is 6. The van der Waals surface area contributed by atoms with Crippen LogP contribution in [-0.4, -0.2) is 27.4 Å². The van der Waals surface area contributed by atoms with E-state index in [9.17, 15) is 4.79 Å². The Hall–Kier alpha value is -2.99. The molecule has 0 radical (unpaired) electrons. The smallest absolute Gasteiger partial charge is 0.248 e. The third-order valence-corrected chi connectivity index (χ3v) is 4.53. The molecule has 0 aliphatic heterocycles. The molecule has 2 aromatic heterocycles. The third kappa shape index (κ3) is 4.41. The summed E-state index contributed by atoms with van der Waals surface area (Å²) in [6.45, 7) is 4.68. The van der Waals surface area contributed by atoms with Crippen molar-refractivity contribution < 1.29 is 4.79 Å². The number of anilines is 1. The first-order valence-corrected chi connectivity index (χ1v) is 8.82. The zero-order valence-corrected chi connectivity index (χ0v) is 15.9. The first-order valence-electron chi connectivity index (χ1n) is 8.44. The zero-order chi connectivity index (χ0) is 19.4. The largest absolute Gasteiger partial charge is 0.366 e. The summed E-state index contributed by atoms with van der Waals surface area (Å²) in [6, 6.07) is 10.7. The highest BCUT2D eigenvalue weighted by atomic mass is 35.5. The van der Waals surface area contributed by atoms with Crippen LogP contribution in [0.2, 0.25) is 5.02 Å². The van der Waals surface area contributed by atoms with E-state index in [-0.39, 0.29) is 5.41 Å². The van der Waals surface area contributed by atoms with Crippen LogP contribution < -0.4 is 11.1 Å². The van der Waals surface area contributed by atoms with Crippen molar-refractivity contribution in [3.05, 3.63) is 71.3 Å². The molecule has 6 nitrogen and oxygen atoms in total. The molecule has 0 saturated heterocycles. The lowest BCUT2D eigenvalue weighted by Crippen LogP contribution is -2.29. The van der Waals surface area contributed by atoms with Crippen LogP contribution in [0.5, 0.6) is 0 Å². The molecule has 0 saturated carbocycles. The topological polar surface area (TPSA) is 93.8 Å². The highest BCUT2D eigenvalue weighted by Gasteiger charge is 2.25. The zero-order valence-electron chi connectivity index (χ0n) is 15.1. The molecular formula is C20H20ClN5O. The van der Waals surface area contributed by atoms with Crippen molar-refractivity contribution in [1.82, 2.24) is 15.0 Å². The predicted octanol–water partition coefficient (Wildman–Crippen LogP) is 3.68. The fourth-order valence-electron chi connectivity index (χ4n) is 2.69. The van der Waals surface area contributed by atoms with Gasteiger partial charge in [-0.1, -0.05) is 37.6 Å². The summed E-state index contributed by atoms with van der Waals surface area (Å²) in [7, 11) is 0. The van der Waals surface area contributed by atoms with Gasteiger partial charge in [0.15, 0.2) is 0 Å². The maximum atomic E-state index is 11.3. The second kappa shape index (κ2) is 7.72. The number of carbonyl (C=O) groups excluding carboxylic acids is 1. The lowest BCUT2D eigenvalue weighted by molar-refractivity contribution is 0.100. The Morgan fingerprint density at radius 2 is 1.85 bits per heavy atom. The third-order valence-electron chi connectivity index (χ3n) is 4.22. The average molecular weight is 382 g/mol. The van der Waals surface area contributed by atoms with E-state index >= 15 is 0 Å². The number of nitrogens with zero attached hydrogens (tertiary/aromatic N) is 3. The van der Waals surface area contributed by atoms with Gasteiger partial charge < -0.3 is 11.1 Å². The molecule has 7 heteroatoms. The number of carbonyl (C=O) groups is 1. The summed E-state index contributed by atoms with van der Waals surface area (Å²) in [5.41, 5.74) is 7.93. The Morgan fingerprint density at radius 1 is 1.11 bits per heavy atom. The molecule has 1 amide bonds.